The minimum Gasteiger partial charge on any atom is -0.485 e. The van der Waals surface area contributed by atoms with E-state index in [1.54, 1.807) is 30.3 Å². The second-order valence-electron chi connectivity index (χ2n) is 7.20. The van der Waals surface area contributed by atoms with Crippen molar-refractivity contribution in [3.05, 3.63) is 76.4 Å². The van der Waals surface area contributed by atoms with E-state index in [-0.39, 0.29) is 24.0 Å². The molecule has 0 bridgehead atoms. The number of carboxylic acids is 1. The fourth-order valence-electron chi connectivity index (χ4n) is 3.18. The Balaban J connectivity index is 1.32. The van der Waals surface area contributed by atoms with Crippen LogP contribution in [0.3, 0.4) is 0 Å². The zero-order valence-corrected chi connectivity index (χ0v) is 18.3. The van der Waals surface area contributed by atoms with Crippen LogP contribution in [0.4, 0.5) is 15.9 Å². The lowest BCUT2D eigenvalue weighted by atomic mass is 10.1. The monoisotopic (exact) mass is 500 g/mol. The highest BCUT2D eigenvalue weighted by molar-refractivity contribution is 9.10. The predicted octanol–water partition coefficient (Wildman–Crippen LogP) is 3.53. The second-order valence-corrected chi connectivity index (χ2v) is 8.06. The van der Waals surface area contributed by atoms with Crippen LogP contribution in [0.5, 0.6) is 5.75 Å². The van der Waals surface area contributed by atoms with Crippen LogP contribution in [0.15, 0.2) is 59.3 Å². The SMILES string of the molecule is O=C(O)Cc1cccc(NC(=O)c2cnc(N3CC(Oc4cc(F)ccc4Br)C3)cn2)c1. The number of aliphatic carboxylic acids is 1. The van der Waals surface area contributed by atoms with Gasteiger partial charge in [0.2, 0.25) is 0 Å². The van der Waals surface area contributed by atoms with Crippen LogP contribution >= 0.6 is 15.9 Å². The largest absolute Gasteiger partial charge is 0.485 e. The molecule has 3 aromatic rings. The van der Waals surface area contributed by atoms with Crippen LogP contribution in [0, 0.1) is 5.82 Å². The molecule has 4 rings (SSSR count). The third-order valence-electron chi connectivity index (χ3n) is 4.77. The molecule has 1 aliphatic heterocycles. The summed E-state index contributed by atoms with van der Waals surface area (Å²) in [6.45, 7) is 1.11. The molecule has 2 aromatic carbocycles. The van der Waals surface area contributed by atoms with E-state index in [4.69, 9.17) is 9.84 Å². The Morgan fingerprint density at radius 3 is 2.72 bits per heavy atom. The molecule has 0 saturated carbocycles. The van der Waals surface area contributed by atoms with E-state index in [2.05, 4.69) is 31.2 Å². The summed E-state index contributed by atoms with van der Waals surface area (Å²) >= 11 is 3.34. The highest BCUT2D eigenvalue weighted by Crippen LogP contribution is 2.29. The molecule has 0 aliphatic carbocycles. The van der Waals surface area contributed by atoms with Gasteiger partial charge in [0.15, 0.2) is 0 Å². The number of hydrogen-bond acceptors (Lipinski definition) is 6. The summed E-state index contributed by atoms with van der Waals surface area (Å²) in [6, 6.07) is 10.9. The van der Waals surface area contributed by atoms with Crippen molar-refractivity contribution in [2.75, 3.05) is 23.3 Å². The zero-order valence-electron chi connectivity index (χ0n) is 16.7. The van der Waals surface area contributed by atoms with Gasteiger partial charge in [-0.3, -0.25) is 9.59 Å². The first-order chi connectivity index (χ1) is 15.4. The van der Waals surface area contributed by atoms with E-state index in [1.807, 2.05) is 4.90 Å². The summed E-state index contributed by atoms with van der Waals surface area (Å²) in [5.74, 6) is -0.717. The standard InChI is InChI=1S/C22H18BrFN4O4/c23-17-5-4-14(24)8-19(17)32-16-11-28(12-16)20-10-25-18(9-26-20)22(31)27-15-3-1-2-13(6-15)7-21(29)30/h1-6,8-10,16H,7,11-12H2,(H,27,31)(H,29,30). The summed E-state index contributed by atoms with van der Waals surface area (Å²) in [5.41, 5.74) is 1.19. The molecule has 1 saturated heterocycles. The summed E-state index contributed by atoms with van der Waals surface area (Å²) in [5, 5.41) is 11.6. The van der Waals surface area contributed by atoms with Crippen molar-refractivity contribution >= 4 is 39.3 Å². The fourth-order valence-corrected chi connectivity index (χ4v) is 3.52. The highest BCUT2D eigenvalue weighted by atomic mass is 79.9. The van der Waals surface area contributed by atoms with Crippen LogP contribution in [0.2, 0.25) is 0 Å². The van der Waals surface area contributed by atoms with Gasteiger partial charge < -0.3 is 20.1 Å². The Labute approximate surface area is 191 Å². The molecule has 8 nitrogen and oxygen atoms in total. The normalized spacial score (nSPS) is 13.4. The predicted molar refractivity (Wildman–Crippen MR) is 118 cm³/mol. The number of carbonyl (C=O) groups excluding carboxylic acids is 1. The van der Waals surface area contributed by atoms with Gasteiger partial charge in [0.25, 0.3) is 5.91 Å². The van der Waals surface area contributed by atoms with E-state index in [9.17, 15) is 14.0 Å². The minimum atomic E-state index is -0.947. The number of anilines is 2. The van der Waals surface area contributed by atoms with E-state index in [0.29, 0.717) is 40.4 Å². The summed E-state index contributed by atoms with van der Waals surface area (Å²) < 4.78 is 19.9. The Hall–Kier alpha value is -3.53. The number of aromatic nitrogens is 2. The molecule has 0 atom stereocenters. The molecule has 1 fully saturated rings. The summed E-state index contributed by atoms with van der Waals surface area (Å²) in [4.78, 5) is 33.7. The van der Waals surface area contributed by atoms with Crippen LogP contribution in [0.25, 0.3) is 0 Å². The average molecular weight is 501 g/mol. The molecule has 1 amide bonds. The number of benzene rings is 2. The molecular weight excluding hydrogens is 483 g/mol. The number of nitrogens with zero attached hydrogens (tertiary/aromatic N) is 3. The third-order valence-corrected chi connectivity index (χ3v) is 5.43. The number of ether oxygens (including phenoxy) is 1. The first-order valence-electron chi connectivity index (χ1n) is 9.68. The van der Waals surface area contributed by atoms with Gasteiger partial charge in [0, 0.05) is 11.8 Å². The maximum absolute atomic E-state index is 13.4. The molecule has 1 aliphatic rings. The molecule has 164 valence electrons. The minimum absolute atomic E-state index is 0.115. The topological polar surface area (TPSA) is 105 Å². The quantitative estimate of drug-likeness (QED) is 0.511. The van der Waals surface area contributed by atoms with Crippen molar-refractivity contribution < 1.29 is 23.8 Å². The Bertz CT molecular complexity index is 1150. The molecular formula is C22H18BrFN4O4. The first kappa shape index (κ1) is 21.7. The van der Waals surface area contributed by atoms with E-state index >= 15 is 0 Å². The lowest BCUT2D eigenvalue weighted by molar-refractivity contribution is -0.136. The lowest BCUT2D eigenvalue weighted by Gasteiger charge is -2.39. The number of amides is 1. The number of rotatable bonds is 7. The van der Waals surface area contributed by atoms with Crippen molar-refractivity contribution in [2.24, 2.45) is 0 Å². The van der Waals surface area contributed by atoms with Gasteiger partial charge in [-0.2, -0.15) is 0 Å². The number of hydrogen-bond donors (Lipinski definition) is 2. The van der Waals surface area contributed by atoms with Crippen molar-refractivity contribution in [1.29, 1.82) is 0 Å². The average Bonchev–Trinajstić information content (AvgIpc) is 2.72. The number of nitrogens with one attached hydrogen (secondary N) is 1. The maximum Gasteiger partial charge on any atom is 0.307 e. The van der Waals surface area contributed by atoms with Gasteiger partial charge in [-0.25, -0.2) is 14.4 Å². The van der Waals surface area contributed by atoms with Crippen molar-refractivity contribution in [2.45, 2.75) is 12.5 Å². The van der Waals surface area contributed by atoms with E-state index in [1.165, 1.54) is 24.5 Å². The van der Waals surface area contributed by atoms with Gasteiger partial charge in [-0.05, 0) is 45.8 Å². The molecule has 0 radical (unpaired) electrons. The van der Waals surface area contributed by atoms with E-state index < -0.39 is 11.9 Å². The van der Waals surface area contributed by atoms with Crippen LogP contribution < -0.4 is 15.0 Å². The van der Waals surface area contributed by atoms with Gasteiger partial charge in [-0.1, -0.05) is 12.1 Å². The van der Waals surface area contributed by atoms with Crippen LogP contribution in [-0.4, -0.2) is 46.1 Å². The van der Waals surface area contributed by atoms with Crippen LogP contribution in [-0.2, 0) is 11.2 Å². The molecule has 1 aromatic heterocycles. The summed E-state index contributed by atoms with van der Waals surface area (Å²) in [7, 11) is 0. The highest BCUT2D eigenvalue weighted by Gasteiger charge is 2.30. The van der Waals surface area contributed by atoms with Crippen LogP contribution in [0.1, 0.15) is 16.1 Å². The molecule has 0 unspecified atom stereocenters. The zero-order chi connectivity index (χ0) is 22.7. The van der Waals surface area contributed by atoms with Crippen molar-refractivity contribution in [3.8, 4) is 5.75 Å². The Morgan fingerprint density at radius 1 is 1.19 bits per heavy atom. The lowest BCUT2D eigenvalue weighted by Crippen LogP contribution is -2.54. The number of carbonyl (C=O) groups is 2. The first-order valence-corrected chi connectivity index (χ1v) is 10.5. The van der Waals surface area contributed by atoms with Gasteiger partial charge in [-0.15, -0.1) is 0 Å². The smallest absolute Gasteiger partial charge is 0.307 e. The van der Waals surface area contributed by atoms with Gasteiger partial charge >= 0.3 is 5.97 Å². The number of halogens is 2. The fraction of sp³-hybridized carbons (Fsp3) is 0.182. The second kappa shape index (κ2) is 9.31. The molecule has 10 heteroatoms. The van der Waals surface area contributed by atoms with Crippen molar-refractivity contribution in [3.63, 3.8) is 0 Å². The Morgan fingerprint density at radius 2 is 2.00 bits per heavy atom. The molecule has 0 spiro atoms. The molecule has 2 heterocycles. The molecule has 2 N–H and O–H groups in total. The summed E-state index contributed by atoms with van der Waals surface area (Å²) in [6.07, 6.45) is 2.64. The van der Waals surface area contributed by atoms with Gasteiger partial charge in [0.1, 0.15) is 29.2 Å². The Kier molecular flexibility index (Phi) is 6.31. The van der Waals surface area contributed by atoms with Crippen molar-refractivity contribution in [1.82, 2.24) is 9.97 Å². The van der Waals surface area contributed by atoms with E-state index in [0.717, 1.165) is 0 Å². The number of carboxylic acid groups (broad SMARTS) is 1. The van der Waals surface area contributed by atoms with Gasteiger partial charge in [0.05, 0.1) is 36.4 Å². The maximum atomic E-state index is 13.4. The third kappa shape index (κ3) is 5.20. The molecule has 32 heavy (non-hydrogen) atoms.